The summed E-state index contributed by atoms with van der Waals surface area (Å²) in [7, 11) is 1.97. The van der Waals surface area contributed by atoms with Gasteiger partial charge in [-0.25, -0.2) is 0 Å². The number of carbonyl (C=O) groups is 1. The highest BCUT2D eigenvalue weighted by molar-refractivity contribution is 5.67. The fourth-order valence-corrected chi connectivity index (χ4v) is 2.35. The molecule has 0 radical (unpaired) electrons. The third-order valence-electron chi connectivity index (χ3n) is 3.36. The number of benzene rings is 2. The largest absolute Gasteiger partial charge is 0.481 e. The molecule has 0 aliphatic carbocycles. The van der Waals surface area contributed by atoms with Crippen LogP contribution in [-0.2, 0) is 11.3 Å². The Labute approximate surface area is 119 Å². The second-order valence-corrected chi connectivity index (χ2v) is 4.93. The average Bonchev–Trinajstić information content (AvgIpc) is 2.46. The van der Waals surface area contributed by atoms with E-state index in [0.717, 1.165) is 12.1 Å². The predicted octanol–water partition coefficient (Wildman–Crippen LogP) is 3.33. The highest BCUT2D eigenvalue weighted by Gasteiger charge is 2.20. The van der Waals surface area contributed by atoms with Crippen LogP contribution in [0.25, 0.3) is 0 Å². The maximum atomic E-state index is 11.1. The van der Waals surface area contributed by atoms with Crippen molar-refractivity contribution in [2.75, 3.05) is 7.05 Å². The van der Waals surface area contributed by atoms with Crippen molar-refractivity contribution in [1.82, 2.24) is 4.90 Å². The molecule has 0 amide bonds. The van der Waals surface area contributed by atoms with E-state index in [1.165, 1.54) is 5.56 Å². The normalized spacial score (nSPS) is 12.3. The summed E-state index contributed by atoms with van der Waals surface area (Å²) < 4.78 is 0. The lowest BCUT2D eigenvalue weighted by Crippen LogP contribution is -2.26. The molecule has 20 heavy (non-hydrogen) atoms. The molecule has 2 aromatic carbocycles. The molecule has 0 aliphatic heterocycles. The van der Waals surface area contributed by atoms with E-state index >= 15 is 0 Å². The maximum absolute atomic E-state index is 11.1. The van der Waals surface area contributed by atoms with Gasteiger partial charge in [-0.15, -0.1) is 0 Å². The number of nitrogens with zero attached hydrogens (tertiary/aromatic N) is 1. The fourth-order valence-electron chi connectivity index (χ4n) is 2.35. The van der Waals surface area contributed by atoms with Crippen LogP contribution in [-0.4, -0.2) is 23.0 Å². The van der Waals surface area contributed by atoms with Crippen LogP contribution in [0.15, 0.2) is 60.7 Å². The van der Waals surface area contributed by atoms with Crippen LogP contribution in [0.2, 0.25) is 0 Å². The Morgan fingerprint density at radius 2 is 1.60 bits per heavy atom. The Balaban J connectivity index is 2.16. The molecule has 3 nitrogen and oxygen atoms in total. The van der Waals surface area contributed by atoms with Gasteiger partial charge in [0, 0.05) is 12.6 Å². The number of hydrogen-bond donors (Lipinski definition) is 1. The quantitative estimate of drug-likeness (QED) is 0.874. The number of hydrogen-bond acceptors (Lipinski definition) is 2. The Morgan fingerprint density at radius 1 is 1.05 bits per heavy atom. The van der Waals surface area contributed by atoms with E-state index < -0.39 is 5.97 Å². The molecule has 0 bridgehead atoms. The molecule has 0 aromatic heterocycles. The zero-order valence-corrected chi connectivity index (χ0v) is 11.6. The first-order valence-electron chi connectivity index (χ1n) is 6.67. The molecule has 104 valence electrons. The van der Waals surface area contributed by atoms with Crippen LogP contribution >= 0.6 is 0 Å². The molecule has 0 saturated carbocycles. The van der Waals surface area contributed by atoms with Crippen molar-refractivity contribution in [2.45, 2.75) is 19.0 Å². The molecule has 0 fully saturated rings. The first-order chi connectivity index (χ1) is 9.66. The topological polar surface area (TPSA) is 40.5 Å². The van der Waals surface area contributed by atoms with Crippen molar-refractivity contribution in [2.24, 2.45) is 0 Å². The van der Waals surface area contributed by atoms with Crippen LogP contribution in [0.3, 0.4) is 0 Å². The molecule has 0 saturated heterocycles. The van der Waals surface area contributed by atoms with Gasteiger partial charge in [0.25, 0.3) is 0 Å². The molecule has 1 atom stereocenters. The predicted molar refractivity (Wildman–Crippen MR) is 79.3 cm³/mol. The van der Waals surface area contributed by atoms with Gasteiger partial charge in [-0.3, -0.25) is 9.69 Å². The molecule has 2 aromatic rings. The lowest BCUT2D eigenvalue weighted by Gasteiger charge is -2.27. The third kappa shape index (κ3) is 3.93. The number of aliphatic carboxylic acids is 1. The lowest BCUT2D eigenvalue weighted by atomic mass is 10.0. The summed E-state index contributed by atoms with van der Waals surface area (Å²) in [5, 5.41) is 9.13. The van der Waals surface area contributed by atoms with Crippen molar-refractivity contribution < 1.29 is 9.90 Å². The summed E-state index contributed by atoms with van der Waals surface area (Å²) in [6, 6.07) is 19.8. The standard InChI is InChI=1S/C17H19NO2/c1-18(13-14-8-4-2-5-9-14)16(12-17(19)20)15-10-6-3-7-11-15/h2-11,16H,12-13H2,1H3,(H,19,20)/t16-/m0/s1. The molecule has 1 N–H and O–H groups in total. The van der Waals surface area contributed by atoms with Crippen molar-refractivity contribution >= 4 is 5.97 Å². The number of rotatable bonds is 6. The molecule has 0 spiro atoms. The van der Waals surface area contributed by atoms with E-state index in [1.54, 1.807) is 0 Å². The van der Waals surface area contributed by atoms with Gasteiger partial charge in [0.1, 0.15) is 0 Å². The van der Waals surface area contributed by atoms with Gasteiger partial charge in [-0.1, -0.05) is 60.7 Å². The molecule has 0 unspecified atom stereocenters. The van der Waals surface area contributed by atoms with E-state index in [9.17, 15) is 4.79 Å². The maximum Gasteiger partial charge on any atom is 0.305 e. The first kappa shape index (κ1) is 14.3. The summed E-state index contributed by atoms with van der Waals surface area (Å²) >= 11 is 0. The zero-order chi connectivity index (χ0) is 14.4. The first-order valence-corrected chi connectivity index (χ1v) is 6.67. The monoisotopic (exact) mass is 269 g/mol. The Kier molecular flexibility index (Phi) is 4.91. The average molecular weight is 269 g/mol. The smallest absolute Gasteiger partial charge is 0.305 e. The molecule has 3 heteroatoms. The molecule has 2 rings (SSSR count). The van der Waals surface area contributed by atoms with Gasteiger partial charge in [0.2, 0.25) is 0 Å². The summed E-state index contributed by atoms with van der Waals surface area (Å²) in [5.41, 5.74) is 2.22. The highest BCUT2D eigenvalue weighted by atomic mass is 16.4. The molecule has 0 heterocycles. The number of carboxylic acid groups (broad SMARTS) is 1. The SMILES string of the molecule is CN(Cc1ccccc1)[C@@H](CC(=O)O)c1ccccc1. The summed E-state index contributed by atoms with van der Waals surface area (Å²) in [4.78, 5) is 13.2. The van der Waals surface area contributed by atoms with Crippen LogP contribution in [0.5, 0.6) is 0 Å². The van der Waals surface area contributed by atoms with E-state index in [0.29, 0.717) is 0 Å². The second kappa shape index (κ2) is 6.87. The fraction of sp³-hybridized carbons (Fsp3) is 0.235. The van der Waals surface area contributed by atoms with Crippen molar-refractivity contribution in [3.63, 3.8) is 0 Å². The van der Waals surface area contributed by atoms with Gasteiger partial charge in [0.05, 0.1) is 6.42 Å². The van der Waals surface area contributed by atoms with Crippen LogP contribution < -0.4 is 0 Å². The minimum atomic E-state index is -0.779. The van der Waals surface area contributed by atoms with Crippen molar-refractivity contribution in [3.05, 3.63) is 71.8 Å². The Morgan fingerprint density at radius 3 is 2.15 bits per heavy atom. The van der Waals surface area contributed by atoms with Crippen LogP contribution in [0.4, 0.5) is 0 Å². The molecular weight excluding hydrogens is 250 g/mol. The van der Waals surface area contributed by atoms with Gasteiger partial charge in [-0.05, 0) is 18.2 Å². The van der Waals surface area contributed by atoms with E-state index in [2.05, 4.69) is 17.0 Å². The van der Waals surface area contributed by atoms with Gasteiger partial charge in [-0.2, -0.15) is 0 Å². The zero-order valence-electron chi connectivity index (χ0n) is 11.6. The van der Waals surface area contributed by atoms with Crippen molar-refractivity contribution in [3.8, 4) is 0 Å². The third-order valence-corrected chi connectivity index (χ3v) is 3.36. The minimum Gasteiger partial charge on any atom is -0.481 e. The second-order valence-electron chi connectivity index (χ2n) is 4.93. The Hall–Kier alpha value is -2.13. The van der Waals surface area contributed by atoms with Crippen LogP contribution in [0.1, 0.15) is 23.6 Å². The summed E-state index contributed by atoms with van der Waals surface area (Å²) in [6.07, 6.45) is 0.105. The van der Waals surface area contributed by atoms with E-state index in [1.807, 2.05) is 55.6 Å². The number of carboxylic acids is 1. The van der Waals surface area contributed by atoms with Gasteiger partial charge >= 0.3 is 5.97 Å². The summed E-state index contributed by atoms with van der Waals surface area (Å²) in [5.74, 6) is -0.779. The Bertz CT molecular complexity index is 539. The van der Waals surface area contributed by atoms with E-state index in [4.69, 9.17) is 5.11 Å². The molecular formula is C17H19NO2. The molecule has 0 aliphatic rings. The minimum absolute atomic E-state index is 0.105. The van der Waals surface area contributed by atoms with Gasteiger partial charge < -0.3 is 5.11 Å². The van der Waals surface area contributed by atoms with Crippen LogP contribution in [0, 0.1) is 0 Å². The summed E-state index contributed by atoms with van der Waals surface area (Å²) in [6.45, 7) is 0.730. The van der Waals surface area contributed by atoms with Gasteiger partial charge in [0.15, 0.2) is 0 Å². The highest BCUT2D eigenvalue weighted by Crippen LogP contribution is 2.24. The lowest BCUT2D eigenvalue weighted by molar-refractivity contribution is -0.138. The van der Waals surface area contributed by atoms with E-state index in [-0.39, 0.29) is 12.5 Å². The van der Waals surface area contributed by atoms with Crippen molar-refractivity contribution in [1.29, 1.82) is 0 Å².